The van der Waals surface area contributed by atoms with Gasteiger partial charge in [-0.3, -0.25) is 0 Å². The van der Waals surface area contributed by atoms with Gasteiger partial charge < -0.3 is 10.4 Å². The molecule has 0 aliphatic heterocycles. The third-order valence-electron chi connectivity index (χ3n) is 2.42. The second-order valence-electron chi connectivity index (χ2n) is 3.76. The normalized spacial score (nSPS) is 10.4. The molecule has 0 saturated heterocycles. The van der Waals surface area contributed by atoms with Gasteiger partial charge in [0.25, 0.3) is 0 Å². The highest BCUT2D eigenvalue weighted by Gasteiger charge is 2.03. The first kappa shape index (κ1) is 14.0. The monoisotopic (exact) mass is 437 g/mol. The van der Waals surface area contributed by atoms with E-state index in [9.17, 15) is 5.11 Å². The van der Waals surface area contributed by atoms with Crippen LogP contribution < -0.4 is 5.32 Å². The summed E-state index contributed by atoms with van der Waals surface area (Å²) in [6, 6.07) is 11.2. The molecular formula is C13H10BrClINO. The van der Waals surface area contributed by atoms with E-state index in [1.54, 1.807) is 6.07 Å². The molecule has 0 spiro atoms. The number of benzene rings is 2. The van der Waals surface area contributed by atoms with Gasteiger partial charge in [0.05, 0.1) is 15.2 Å². The average Bonchev–Trinajstić information content (AvgIpc) is 2.34. The minimum Gasteiger partial charge on any atom is -0.507 e. The molecule has 0 aliphatic rings. The molecule has 0 amide bonds. The zero-order valence-electron chi connectivity index (χ0n) is 9.25. The highest BCUT2D eigenvalue weighted by atomic mass is 127. The number of phenols is 1. The first-order valence-electron chi connectivity index (χ1n) is 5.22. The Morgan fingerprint density at radius 2 is 2.00 bits per heavy atom. The molecule has 2 N–H and O–H groups in total. The summed E-state index contributed by atoms with van der Waals surface area (Å²) in [6.07, 6.45) is 0. The molecule has 0 bridgehead atoms. The minimum absolute atomic E-state index is 0.242. The standard InChI is InChI=1S/C13H10BrClINO/c14-10-5-8(1-4-13(10)18)7-17-12-6-9(16)2-3-11(12)15/h1-6,17-18H,7H2. The molecule has 18 heavy (non-hydrogen) atoms. The summed E-state index contributed by atoms with van der Waals surface area (Å²) in [5.74, 6) is 0.242. The third kappa shape index (κ3) is 3.52. The van der Waals surface area contributed by atoms with Gasteiger partial charge in [-0.1, -0.05) is 17.7 Å². The maximum absolute atomic E-state index is 9.42. The zero-order valence-corrected chi connectivity index (χ0v) is 13.8. The summed E-state index contributed by atoms with van der Waals surface area (Å²) in [4.78, 5) is 0. The minimum atomic E-state index is 0.242. The van der Waals surface area contributed by atoms with Crippen molar-refractivity contribution in [3.63, 3.8) is 0 Å². The summed E-state index contributed by atoms with van der Waals surface area (Å²) in [5, 5.41) is 13.4. The molecular weight excluding hydrogens is 428 g/mol. The van der Waals surface area contributed by atoms with Crippen LogP contribution in [0.2, 0.25) is 5.02 Å². The van der Waals surface area contributed by atoms with E-state index in [4.69, 9.17) is 11.6 Å². The number of halogens is 3. The van der Waals surface area contributed by atoms with Crippen molar-refractivity contribution < 1.29 is 5.11 Å². The zero-order chi connectivity index (χ0) is 13.1. The van der Waals surface area contributed by atoms with Crippen LogP contribution in [0.15, 0.2) is 40.9 Å². The van der Waals surface area contributed by atoms with Crippen molar-refractivity contribution in [3.05, 3.63) is 55.0 Å². The quantitative estimate of drug-likeness (QED) is 0.660. The van der Waals surface area contributed by atoms with Crippen molar-refractivity contribution in [1.29, 1.82) is 0 Å². The van der Waals surface area contributed by atoms with Crippen LogP contribution in [-0.4, -0.2) is 5.11 Å². The Balaban J connectivity index is 2.11. The Labute approximate surface area is 133 Å². The van der Waals surface area contributed by atoms with E-state index in [2.05, 4.69) is 43.8 Å². The number of anilines is 1. The Hall–Kier alpha value is -0.460. The van der Waals surface area contributed by atoms with E-state index in [0.717, 1.165) is 14.8 Å². The fourth-order valence-corrected chi connectivity index (χ4v) is 2.59. The van der Waals surface area contributed by atoms with E-state index in [0.29, 0.717) is 16.0 Å². The molecule has 0 atom stereocenters. The molecule has 94 valence electrons. The smallest absolute Gasteiger partial charge is 0.129 e. The number of phenolic OH excluding ortho intramolecular Hbond substituents is 1. The Morgan fingerprint density at radius 3 is 2.72 bits per heavy atom. The van der Waals surface area contributed by atoms with E-state index < -0.39 is 0 Å². The molecule has 5 heteroatoms. The third-order valence-corrected chi connectivity index (χ3v) is 4.06. The average molecular weight is 438 g/mol. The SMILES string of the molecule is Oc1ccc(CNc2cc(I)ccc2Cl)cc1Br. The molecule has 2 aromatic carbocycles. The van der Waals surface area contributed by atoms with Crippen molar-refractivity contribution in [1.82, 2.24) is 0 Å². The molecule has 0 unspecified atom stereocenters. The molecule has 0 aromatic heterocycles. The second kappa shape index (κ2) is 6.12. The van der Waals surface area contributed by atoms with Crippen LogP contribution in [0.5, 0.6) is 5.75 Å². The molecule has 0 heterocycles. The van der Waals surface area contributed by atoms with Gasteiger partial charge in [0.15, 0.2) is 0 Å². The van der Waals surface area contributed by atoms with Crippen LogP contribution in [0.1, 0.15) is 5.56 Å². The van der Waals surface area contributed by atoms with E-state index in [-0.39, 0.29) is 5.75 Å². The summed E-state index contributed by atoms with van der Waals surface area (Å²) in [5.41, 5.74) is 1.97. The first-order valence-corrected chi connectivity index (χ1v) is 7.47. The lowest BCUT2D eigenvalue weighted by Crippen LogP contribution is -2.00. The lowest BCUT2D eigenvalue weighted by molar-refractivity contribution is 0.471. The van der Waals surface area contributed by atoms with Crippen LogP contribution in [0, 0.1) is 3.57 Å². The summed E-state index contributed by atoms with van der Waals surface area (Å²) >= 11 is 11.6. The summed E-state index contributed by atoms with van der Waals surface area (Å²) in [7, 11) is 0. The molecule has 0 fully saturated rings. The number of hydrogen-bond acceptors (Lipinski definition) is 2. The largest absolute Gasteiger partial charge is 0.507 e. The maximum atomic E-state index is 9.42. The Morgan fingerprint density at radius 1 is 1.22 bits per heavy atom. The van der Waals surface area contributed by atoms with Crippen molar-refractivity contribution >= 4 is 55.8 Å². The fourth-order valence-electron chi connectivity index (χ4n) is 1.49. The van der Waals surface area contributed by atoms with Crippen LogP contribution in [0.25, 0.3) is 0 Å². The number of hydrogen-bond donors (Lipinski definition) is 2. The number of rotatable bonds is 3. The van der Waals surface area contributed by atoms with Crippen molar-refractivity contribution in [2.24, 2.45) is 0 Å². The van der Waals surface area contributed by atoms with Crippen LogP contribution >= 0.6 is 50.1 Å². The fraction of sp³-hybridized carbons (Fsp3) is 0.0769. The van der Waals surface area contributed by atoms with Crippen LogP contribution in [-0.2, 0) is 6.54 Å². The maximum Gasteiger partial charge on any atom is 0.129 e. The van der Waals surface area contributed by atoms with Gasteiger partial charge >= 0.3 is 0 Å². The van der Waals surface area contributed by atoms with Gasteiger partial charge in [-0.15, -0.1) is 0 Å². The number of nitrogens with one attached hydrogen (secondary N) is 1. The van der Waals surface area contributed by atoms with Gasteiger partial charge in [-0.2, -0.15) is 0 Å². The molecule has 2 aromatic rings. The summed E-state index contributed by atoms with van der Waals surface area (Å²) in [6.45, 7) is 0.651. The molecule has 0 radical (unpaired) electrons. The first-order chi connectivity index (χ1) is 8.56. The van der Waals surface area contributed by atoms with E-state index in [1.165, 1.54) is 0 Å². The molecule has 0 aliphatic carbocycles. The van der Waals surface area contributed by atoms with E-state index >= 15 is 0 Å². The predicted molar refractivity (Wildman–Crippen MR) is 87.3 cm³/mol. The topological polar surface area (TPSA) is 32.3 Å². The van der Waals surface area contributed by atoms with Gasteiger partial charge in [0, 0.05) is 10.1 Å². The lowest BCUT2D eigenvalue weighted by Gasteiger charge is -2.09. The van der Waals surface area contributed by atoms with Gasteiger partial charge in [-0.25, -0.2) is 0 Å². The van der Waals surface area contributed by atoms with Crippen molar-refractivity contribution in [2.45, 2.75) is 6.54 Å². The Bertz CT molecular complexity index is 577. The van der Waals surface area contributed by atoms with Crippen LogP contribution in [0.3, 0.4) is 0 Å². The van der Waals surface area contributed by atoms with E-state index in [1.807, 2.05) is 30.3 Å². The second-order valence-corrected chi connectivity index (χ2v) is 6.27. The van der Waals surface area contributed by atoms with Gasteiger partial charge in [0.2, 0.25) is 0 Å². The number of aromatic hydroxyl groups is 1. The highest BCUT2D eigenvalue weighted by Crippen LogP contribution is 2.27. The molecule has 2 nitrogen and oxygen atoms in total. The highest BCUT2D eigenvalue weighted by molar-refractivity contribution is 14.1. The van der Waals surface area contributed by atoms with Crippen molar-refractivity contribution in [3.8, 4) is 5.75 Å². The van der Waals surface area contributed by atoms with Crippen LogP contribution in [0.4, 0.5) is 5.69 Å². The molecule has 0 saturated carbocycles. The molecule has 2 rings (SSSR count). The van der Waals surface area contributed by atoms with Crippen molar-refractivity contribution in [2.75, 3.05) is 5.32 Å². The van der Waals surface area contributed by atoms with Gasteiger partial charge in [0.1, 0.15) is 5.75 Å². The lowest BCUT2D eigenvalue weighted by atomic mass is 10.2. The Kier molecular flexibility index (Phi) is 4.75. The summed E-state index contributed by atoms with van der Waals surface area (Å²) < 4.78 is 1.82. The van der Waals surface area contributed by atoms with Gasteiger partial charge in [-0.05, 0) is 74.4 Å². The predicted octanol–water partition coefficient (Wildman–Crippen LogP) is 5.02.